The summed E-state index contributed by atoms with van der Waals surface area (Å²) in [5, 5.41) is 2.97. The Kier molecular flexibility index (Phi) is 3.26. The van der Waals surface area contributed by atoms with Gasteiger partial charge >= 0.3 is 0 Å². The van der Waals surface area contributed by atoms with Gasteiger partial charge in [-0.1, -0.05) is 0 Å². The third-order valence-corrected chi connectivity index (χ3v) is 3.50. The van der Waals surface area contributed by atoms with E-state index in [9.17, 15) is 13.2 Å². The summed E-state index contributed by atoms with van der Waals surface area (Å²) < 4.78 is 41.8. The van der Waals surface area contributed by atoms with E-state index in [0.29, 0.717) is 13.1 Å². The van der Waals surface area contributed by atoms with Gasteiger partial charge in [0, 0.05) is 0 Å². The molecule has 1 aromatic rings. The van der Waals surface area contributed by atoms with Crippen LogP contribution in [0.15, 0.2) is 16.6 Å². The summed E-state index contributed by atoms with van der Waals surface area (Å²) in [5.41, 5.74) is -2.34. The zero-order valence-corrected chi connectivity index (χ0v) is 10.1. The molecule has 1 aliphatic heterocycles. The molecule has 0 bridgehead atoms. The van der Waals surface area contributed by atoms with E-state index in [1.165, 1.54) is 6.07 Å². The Morgan fingerprint density at radius 3 is 2.44 bits per heavy atom. The molecule has 0 atom stereocenters. The lowest BCUT2D eigenvalue weighted by Crippen LogP contribution is -2.38. The molecular weight excluding hydrogens is 283 g/mol. The Hall–Kier alpha value is -0.550. The smallest absolute Gasteiger partial charge is 0.146 e. The number of alkyl halides is 1. The van der Waals surface area contributed by atoms with Crippen molar-refractivity contribution in [2.45, 2.75) is 18.5 Å². The molecule has 0 aromatic heterocycles. The van der Waals surface area contributed by atoms with Crippen molar-refractivity contribution in [2.24, 2.45) is 0 Å². The predicted octanol–water partition coefficient (Wildman–Crippen LogP) is 3.28. The maximum Gasteiger partial charge on any atom is 0.146 e. The summed E-state index contributed by atoms with van der Waals surface area (Å²) in [6, 6.07) is 2.34. The number of piperidine rings is 1. The van der Waals surface area contributed by atoms with E-state index < -0.39 is 22.9 Å². The Morgan fingerprint density at radius 1 is 1.19 bits per heavy atom. The summed E-state index contributed by atoms with van der Waals surface area (Å²) in [5.74, 6) is -1.64. The molecule has 1 heterocycles. The van der Waals surface area contributed by atoms with Crippen LogP contribution in [-0.4, -0.2) is 13.1 Å². The van der Waals surface area contributed by atoms with Crippen molar-refractivity contribution in [3.63, 3.8) is 0 Å². The summed E-state index contributed by atoms with van der Waals surface area (Å²) in [4.78, 5) is 0. The van der Waals surface area contributed by atoms with Crippen LogP contribution in [0.1, 0.15) is 18.4 Å². The van der Waals surface area contributed by atoms with Crippen molar-refractivity contribution in [3.05, 3.63) is 33.8 Å². The van der Waals surface area contributed by atoms with Gasteiger partial charge in [-0.15, -0.1) is 0 Å². The van der Waals surface area contributed by atoms with E-state index in [2.05, 4.69) is 21.2 Å². The van der Waals surface area contributed by atoms with Crippen LogP contribution in [0.3, 0.4) is 0 Å². The molecular formula is C11H11BrF3N. The van der Waals surface area contributed by atoms with Crippen LogP contribution in [0.25, 0.3) is 0 Å². The molecule has 1 N–H and O–H groups in total. The van der Waals surface area contributed by atoms with E-state index in [-0.39, 0.29) is 17.3 Å². The standard InChI is InChI=1S/C11H11BrF3N/c12-7-1-2-8(13)9(10(7)14)11(15)3-5-16-6-4-11/h1-2,16H,3-6H2. The molecule has 1 aliphatic rings. The first-order chi connectivity index (χ1) is 7.54. The van der Waals surface area contributed by atoms with E-state index in [1.54, 1.807) is 0 Å². The molecule has 0 saturated carbocycles. The number of hydrogen-bond donors (Lipinski definition) is 1. The van der Waals surface area contributed by atoms with Crippen molar-refractivity contribution < 1.29 is 13.2 Å². The molecule has 2 rings (SSSR count). The van der Waals surface area contributed by atoms with Crippen LogP contribution in [0.5, 0.6) is 0 Å². The average Bonchev–Trinajstić information content (AvgIpc) is 2.25. The highest BCUT2D eigenvalue weighted by molar-refractivity contribution is 9.10. The fraction of sp³-hybridized carbons (Fsp3) is 0.455. The van der Waals surface area contributed by atoms with Gasteiger partial charge in [0.25, 0.3) is 0 Å². The lowest BCUT2D eigenvalue weighted by atomic mass is 9.86. The number of rotatable bonds is 1. The van der Waals surface area contributed by atoms with Crippen LogP contribution in [0, 0.1) is 11.6 Å². The zero-order valence-electron chi connectivity index (χ0n) is 8.49. The molecule has 0 amide bonds. The van der Waals surface area contributed by atoms with Gasteiger partial charge in [-0.3, -0.25) is 0 Å². The minimum absolute atomic E-state index is 0.0945. The highest BCUT2D eigenvalue weighted by Gasteiger charge is 2.39. The van der Waals surface area contributed by atoms with Gasteiger partial charge in [0.1, 0.15) is 17.3 Å². The van der Waals surface area contributed by atoms with E-state index >= 15 is 0 Å². The first-order valence-electron chi connectivity index (χ1n) is 5.08. The molecule has 1 nitrogen and oxygen atoms in total. The number of hydrogen-bond acceptors (Lipinski definition) is 1. The molecule has 1 saturated heterocycles. The first-order valence-corrected chi connectivity index (χ1v) is 5.87. The molecule has 0 unspecified atom stereocenters. The topological polar surface area (TPSA) is 12.0 Å². The zero-order chi connectivity index (χ0) is 11.8. The van der Waals surface area contributed by atoms with Crippen molar-refractivity contribution in [2.75, 3.05) is 13.1 Å². The fourth-order valence-corrected chi connectivity index (χ4v) is 2.34. The molecule has 1 aromatic carbocycles. The van der Waals surface area contributed by atoms with Crippen molar-refractivity contribution in [1.29, 1.82) is 0 Å². The Balaban J connectivity index is 2.49. The third-order valence-electron chi connectivity index (χ3n) is 2.89. The monoisotopic (exact) mass is 293 g/mol. The number of nitrogens with one attached hydrogen (secondary N) is 1. The highest BCUT2D eigenvalue weighted by atomic mass is 79.9. The maximum atomic E-state index is 14.5. The largest absolute Gasteiger partial charge is 0.316 e. The lowest BCUT2D eigenvalue weighted by molar-refractivity contribution is 0.105. The second kappa shape index (κ2) is 4.37. The third kappa shape index (κ3) is 1.98. The van der Waals surface area contributed by atoms with E-state index in [1.807, 2.05) is 0 Å². The summed E-state index contributed by atoms with van der Waals surface area (Å²) in [7, 11) is 0. The Morgan fingerprint density at radius 2 is 1.81 bits per heavy atom. The highest BCUT2D eigenvalue weighted by Crippen LogP contribution is 2.39. The van der Waals surface area contributed by atoms with Crippen molar-refractivity contribution >= 4 is 15.9 Å². The molecule has 88 valence electrons. The lowest BCUT2D eigenvalue weighted by Gasteiger charge is -2.31. The van der Waals surface area contributed by atoms with Crippen LogP contribution < -0.4 is 5.32 Å². The average molecular weight is 294 g/mol. The van der Waals surface area contributed by atoms with Crippen molar-refractivity contribution in [3.8, 4) is 0 Å². The predicted molar refractivity (Wildman–Crippen MR) is 58.9 cm³/mol. The summed E-state index contributed by atoms with van der Waals surface area (Å²) >= 11 is 2.95. The Bertz CT molecular complexity index is 402. The first kappa shape index (κ1) is 11.9. The quantitative estimate of drug-likeness (QED) is 0.784. The molecule has 1 fully saturated rings. The molecule has 5 heteroatoms. The van der Waals surface area contributed by atoms with Gasteiger partial charge in [0.2, 0.25) is 0 Å². The van der Waals surface area contributed by atoms with Gasteiger partial charge in [-0.05, 0) is 54.0 Å². The maximum absolute atomic E-state index is 14.5. The van der Waals surface area contributed by atoms with Crippen LogP contribution in [0.4, 0.5) is 13.2 Å². The molecule has 0 radical (unpaired) electrons. The minimum Gasteiger partial charge on any atom is -0.316 e. The second-order valence-electron chi connectivity index (χ2n) is 3.93. The Labute approximate surface area is 100 Å². The van der Waals surface area contributed by atoms with Crippen LogP contribution in [-0.2, 0) is 5.67 Å². The van der Waals surface area contributed by atoms with Gasteiger partial charge in [0.05, 0.1) is 10.0 Å². The summed E-state index contributed by atoms with van der Waals surface area (Å²) in [6.07, 6.45) is 0.189. The summed E-state index contributed by atoms with van der Waals surface area (Å²) in [6.45, 7) is 0.865. The van der Waals surface area contributed by atoms with E-state index in [0.717, 1.165) is 6.07 Å². The van der Waals surface area contributed by atoms with E-state index in [4.69, 9.17) is 0 Å². The molecule has 0 aliphatic carbocycles. The van der Waals surface area contributed by atoms with Gasteiger partial charge < -0.3 is 5.32 Å². The van der Waals surface area contributed by atoms with Crippen LogP contribution >= 0.6 is 15.9 Å². The molecule has 16 heavy (non-hydrogen) atoms. The minimum atomic E-state index is -1.90. The van der Waals surface area contributed by atoms with Gasteiger partial charge in [0.15, 0.2) is 0 Å². The van der Waals surface area contributed by atoms with Crippen molar-refractivity contribution in [1.82, 2.24) is 5.32 Å². The van der Waals surface area contributed by atoms with Crippen LogP contribution in [0.2, 0.25) is 0 Å². The number of halogens is 4. The SMILES string of the molecule is Fc1ccc(Br)c(F)c1C1(F)CCNCC1. The molecule has 0 spiro atoms. The number of benzene rings is 1. The fourth-order valence-electron chi connectivity index (χ4n) is 2.01. The second-order valence-corrected chi connectivity index (χ2v) is 4.79. The van der Waals surface area contributed by atoms with Gasteiger partial charge in [-0.2, -0.15) is 0 Å². The normalized spacial score (nSPS) is 19.8. The van der Waals surface area contributed by atoms with Gasteiger partial charge in [-0.25, -0.2) is 13.2 Å².